The van der Waals surface area contributed by atoms with Crippen molar-refractivity contribution in [3.63, 3.8) is 0 Å². The molecule has 0 heteroatoms. The van der Waals surface area contributed by atoms with Gasteiger partial charge in [-0.25, -0.2) is 0 Å². The molecule has 0 amide bonds. The van der Waals surface area contributed by atoms with Crippen LogP contribution >= 0.6 is 0 Å². The van der Waals surface area contributed by atoms with E-state index >= 15 is 0 Å². The fourth-order valence-corrected chi connectivity index (χ4v) is 2.62. The molecular formula is C16H23. The maximum atomic E-state index is 2.33. The lowest BCUT2D eigenvalue weighted by Crippen LogP contribution is -2.05. The Morgan fingerprint density at radius 2 is 1.56 bits per heavy atom. The molecule has 1 radical (unpaired) electrons. The summed E-state index contributed by atoms with van der Waals surface area (Å²) in [5.74, 6) is 2.44. The molecule has 2 rings (SSSR count). The second-order valence-corrected chi connectivity index (χ2v) is 5.46. The maximum absolute atomic E-state index is 2.33. The minimum Gasteiger partial charge on any atom is -0.0625 e. The van der Waals surface area contributed by atoms with Gasteiger partial charge in [0, 0.05) is 5.92 Å². The van der Waals surface area contributed by atoms with Gasteiger partial charge < -0.3 is 0 Å². The van der Waals surface area contributed by atoms with Crippen LogP contribution in [-0.2, 0) is 6.42 Å². The van der Waals surface area contributed by atoms with Crippen LogP contribution in [-0.4, -0.2) is 0 Å². The highest BCUT2D eigenvalue weighted by atomic mass is 14.2. The lowest BCUT2D eigenvalue weighted by atomic mass is 9.84. The normalized spacial score (nSPS) is 17.9. The first-order valence-corrected chi connectivity index (χ1v) is 6.69. The van der Waals surface area contributed by atoms with Crippen LogP contribution in [0.15, 0.2) is 24.3 Å². The fraction of sp³-hybridized carbons (Fsp3) is 0.562. The molecule has 0 nitrogen and oxygen atoms in total. The van der Waals surface area contributed by atoms with Crippen LogP contribution in [0.3, 0.4) is 0 Å². The van der Waals surface area contributed by atoms with Crippen molar-refractivity contribution >= 4 is 0 Å². The second kappa shape index (κ2) is 5.52. The summed E-state index contributed by atoms with van der Waals surface area (Å²) in [6.07, 6.45) is 8.06. The van der Waals surface area contributed by atoms with Crippen LogP contribution in [0, 0.1) is 11.8 Å². The summed E-state index contributed by atoms with van der Waals surface area (Å²) in [7, 11) is 0. The smallest absolute Gasteiger partial charge is 0.00498 e. The molecule has 0 spiro atoms. The molecule has 1 saturated carbocycles. The Hall–Kier alpha value is -0.780. The molecule has 0 unspecified atom stereocenters. The zero-order chi connectivity index (χ0) is 11.4. The van der Waals surface area contributed by atoms with Gasteiger partial charge in [0.2, 0.25) is 0 Å². The zero-order valence-electron chi connectivity index (χ0n) is 10.6. The molecule has 0 aromatic heterocycles. The molecule has 1 aliphatic carbocycles. The van der Waals surface area contributed by atoms with E-state index in [2.05, 4.69) is 38.1 Å². The van der Waals surface area contributed by atoms with E-state index in [1.54, 1.807) is 5.92 Å². The van der Waals surface area contributed by atoms with Gasteiger partial charge in [-0.3, -0.25) is 0 Å². The van der Waals surface area contributed by atoms with Crippen molar-refractivity contribution in [3.05, 3.63) is 41.3 Å². The molecule has 0 bridgehead atoms. The van der Waals surface area contributed by atoms with Gasteiger partial charge in [-0.2, -0.15) is 0 Å². The lowest BCUT2D eigenvalue weighted by molar-refractivity contribution is 0.551. The van der Waals surface area contributed by atoms with Crippen molar-refractivity contribution in [1.29, 1.82) is 0 Å². The zero-order valence-corrected chi connectivity index (χ0v) is 10.6. The summed E-state index contributed by atoms with van der Waals surface area (Å²) in [4.78, 5) is 0. The summed E-state index contributed by atoms with van der Waals surface area (Å²) in [5, 5.41) is 0. The van der Waals surface area contributed by atoms with Gasteiger partial charge in [-0.15, -0.1) is 0 Å². The summed E-state index contributed by atoms with van der Waals surface area (Å²) in [5.41, 5.74) is 2.97. The van der Waals surface area contributed by atoms with Crippen LogP contribution < -0.4 is 0 Å². The van der Waals surface area contributed by atoms with Gasteiger partial charge in [-0.05, 0) is 36.3 Å². The molecule has 1 aliphatic rings. The van der Waals surface area contributed by atoms with Gasteiger partial charge in [-0.1, -0.05) is 57.4 Å². The minimum atomic E-state index is 0.758. The van der Waals surface area contributed by atoms with E-state index in [4.69, 9.17) is 0 Å². The van der Waals surface area contributed by atoms with Crippen molar-refractivity contribution in [2.75, 3.05) is 0 Å². The highest BCUT2D eigenvalue weighted by Crippen LogP contribution is 2.31. The molecule has 1 aromatic carbocycles. The molecule has 1 fully saturated rings. The Kier molecular flexibility index (Phi) is 4.04. The molecule has 0 atom stereocenters. The Balaban J connectivity index is 2.00. The van der Waals surface area contributed by atoms with E-state index in [9.17, 15) is 0 Å². The van der Waals surface area contributed by atoms with E-state index in [-0.39, 0.29) is 0 Å². The van der Waals surface area contributed by atoms with Gasteiger partial charge in [0.1, 0.15) is 0 Å². The van der Waals surface area contributed by atoms with E-state index in [1.165, 1.54) is 49.7 Å². The van der Waals surface area contributed by atoms with Crippen LogP contribution in [0.25, 0.3) is 0 Å². The number of rotatable bonds is 3. The number of hydrogen-bond acceptors (Lipinski definition) is 0. The van der Waals surface area contributed by atoms with E-state index < -0.39 is 0 Å². The first-order valence-electron chi connectivity index (χ1n) is 6.69. The minimum absolute atomic E-state index is 0.758. The highest BCUT2D eigenvalue weighted by molar-refractivity contribution is 5.33. The second-order valence-electron chi connectivity index (χ2n) is 5.46. The van der Waals surface area contributed by atoms with Crippen LogP contribution in [0.1, 0.15) is 57.1 Å². The monoisotopic (exact) mass is 215 g/mol. The Morgan fingerprint density at radius 3 is 2.12 bits per heavy atom. The average Bonchev–Trinajstić information content (AvgIpc) is 2.30. The standard InChI is InChI=1S/C16H23/c1-13(2)12-14-8-10-16(11-9-14)15-6-4-3-5-7-15/h8-11,13H,3-7,12H2,1-2H3. The topological polar surface area (TPSA) is 0 Å². The van der Waals surface area contributed by atoms with Gasteiger partial charge in [0.05, 0.1) is 0 Å². The van der Waals surface area contributed by atoms with Crippen LogP contribution in [0.2, 0.25) is 0 Å². The maximum Gasteiger partial charge on any atom is 0.00498 e. The Bertz CT molecular complexity index is 301. The van der Waals surface area contributed by atoms with E-state index in [1.807, 2.05) is 0 Å². The van der Waals surface area contributed by atoms with Gasteiger partial charge >= 0.3 is 0 Å². The predicted molar refractivity (Wildman–Crippen MR) is 70.4 cm³/mol. The molecule has 1 aromatic rings. The predicted octanol–water partition coefficient (Wildman–Crippen LogP) is 4.77. The largest absolute Gasteiger partial charge is 0.0625 e. The number of hydrogen-bond donors (Lipinski definition) is 0. The average molecular weight is 215 g/mol. The summed E-state index contributed by atoms with van der Waals surface area (Å²) < 4.78 is 0. The van der Waals surface area contributed by atoms with Crippen molar-refractivity contribution in [1.82, 2.24) is 0 Å². The summed E-state index contributed by atoms with van der Waals surface area (Å²) in [6.45, 7) is 4.56. The van der Waals surface area contributed by atoms with Crippen LogP contribution in [0.5, 0.6) is 0 Å². The lowest BCUT2D eigenvalue weighted by Gasteiger charge is -2.21. The fourth-order valence-electron chi connectivity index (χ4n) is 2.62. The molecule has 87 valence electrons. The Morgan fingerprint density at radius 1 is 0.938 bits per heavy atom. The van der Waals surface area contributed by atoms with Gasteiger partial charge in [0.25, 0.3) is 0 Å². The third-order valence-corrected chi connectivity index (χ3v) is 3.46. The van der Waals surface area contributed by atoms with Crippen molar-refractivity contribution in [3.8, 4) is 0 Å². The number of benzene rings is 1. The molecule has 0 heterocycles. The SMILES string of the molecule is CC(C)Cc1ccc([C]2CCCCC2)cc1. The molecular weight excluding hydrogens is 192 g/mol. The third kappa shape index (κ3) is 3.10. The highest BCUT2D eigenvalue weighted by Gasteiger charge is 2.15. The molecule has 0 saturated heterocycles. The summed E-state index contributed by atoms with van der Waals surface area (Å²) >= 11 is 0. The van der Waals surface area contributed by atoms with Gasteiger partial charge in [0.15, 0.2) is 0 Å². The first-order chi connectivity index (χ1) is 7.75. The van der Waals surface area contributed by atoms with E-state index in [0.29, 0.717) is 0 Å². The van der Waals surface area contributed by atoms with Crippen LogP contribution in [0.4, 0.5) is 0 Å². The van der Waals surface area contributed by atoms with E-state index in [0.717, 1.165) is 5.92 Å². The third-order valence-electron chi connectivity index (χ3n) is 3.46. The van der Waals surface area contributed by atoms with Crippen molar-refractivity contribution in [2.24, 2.45) is 5.92 Å². The first kappa shape index (κ1) is 11.7. The Labute approximate surface area is 100 Å². The molecule has 0 aliphatic heterocycles. The summed E-state index contributed by atoms with van der Waals surface area (Å²) in [6, 6.07) is 9.30. The van der Waals surface area contributed by atoms with Crippen molar-refractivity contribution < 1.29 is 0 Å². The quantitative estimate of drug-likeness (QED) is 0.681. The van der Waals surface area contributed by atoms with Crippen molar-refractivity contribution in [2.45, 2.75) is 52.4 Å². The molecule has 0 N–H and O–H groups in total. The molecule has 16 heavy (non-hydrogen) atoms.